The molecular formula is C24H32ClN3O4S. The second-order valence-electron chi connectivity index (χ2n) is 8.46. The zero-order valence-corrected chi connectivity index (χ0v) is 21.5. The van der Waals surface area contributed by atoms with Gasteiger partial charge in [-0.15, -0.1) is 0 Å². The third-order valence-corrected chi connectivity index (χ3v) is 6.75. The van der Waals surface area contributed by atoms with Crippen LogP contribution in [0, 0.1) is 13.8 Å². The summed E-state index contributed by atoms with van der Waals surface area (Å²) in [6.07, 6.45) is 1.07. The maximum Gasteiger partial charge on any atom is 0.244 e. The van der Waals surface area contributed by atoms with Gasteiger partial charge in [-0.2, -0.15) is 0 Å². The van der Waals surface area contributed by atoms with E-state index in [-0.39, 0.29) is 18.5 Å². The second kappa shape index (κ2) is 11.0. The highest BCUT2D eigenvalue weighted by molar-refractivity contribution is 7.92. The summed E-state index contributed by atoms with van der Waals surface area (Å²) in [5.41, 5.74) is 2.59. The minimum absolute atomic E-state index is 0.0650. The van der Waals surface area contributed by atoms with Crippen LogP contribution in [0.3, 0.4) is 0 Å². The first-order valence-electron chi connectivity index (χ1n) is 10.7. The number of anilines is 1. The van der Waals surface area contributed by atoms with Crippen LogP contribution in [0.4, 0.5) is 5.69 Å². The van der Waals surface area contributed by atoms with Crippen LogP contribution in [0.25, 0.3) is 0 Å². The van der Waals surface area contributed by atoms with Crippen LogP contribution < -0.4 is 9.62 Å². The molecule has 1 N–H and O–H groups in total. The summed E-state index contributed by atoms with van der Waals surface area (Å²) in [6.45, 7) is 8.50. The number of para-hydroxylation sites is 1. The summed E-state index contributed by atoms with van der Waals surface area (Å²) in [6, 6.07) is 11.5. The Morgan fingerprint density at radius 3 is 2.09 bits per heavy atom. The summed E-state index contributed by atoms with van der Waals surface area (Å²) >= 11 is 6.31. The summed E-state index contributed by atoms with van der Waals surface area (Å²) in [5.74, 6) is -0.835. The Bertz CT molecular complexity index is 1100. The Hall–Kier alpha value is -2.58. The number of rotatable bonds is 9. The van der Waals surface area contributed by atoms with Gasteiger partial charge in [0.2, 0.25) is 21.8 Å². The molecule has 0 aliphatic carbocycles. The van der Waals surface area contributed by atoms with E-state index < -0.39 is 28.5 Å². The standard InChI is InChI=1S/C24H32ClN3O4S/c1-16(2)26-24(30)19(5)27(14-20-12-7-8-13-21(20)25)22(29)15-28(33(6,31)32)23-17(3)10-9-11-18(23)4/h7-13,16,19H,14-15H2,1-6H3,(H,26,30)/t19-/m0/s1. The molecule has 0 unspecified atom stereocenters. The molecule has 0 aliphatic rings. The van der Waals surface area contributed by atoms with Gasteiger partial charge < -0.3 is 10.2 Å². The van der Waals surface area contributed by atoms with E-state index in [1.54, 1.807) is 57.2 Å². The van der Waals surface area contributed by atoms with Crippen molar-refractivity contribution in [2.24, 2.45) is 0 Å². The number of carbonyl (C=O) groups excluding carboxylic acids is 2. The molecule has 0 heterocycles. The predicted molar refractivity (Wildman–Crippen MR) is 133 cm³/mol. The van der Waals surface area contributed by atoms with Crippen molar-refractivity contribution in [3.63, 3.8) is 0 Å². The van der Waals surface area contributed by atoms with Crippen LogP contribution in [-0.2, 0) is 26.2 Å². The molecule has 180 valence electrons. The third kappa shape index (κ3) is 6.95. The summed E-state index contributed by atoms with van der Waals surface area (Å²) in [4.78, 5) is 27.7. The maximum atomic E-state index is 13.5. The van der Waals surface area contributed by atoms with Crippen molar-refractivity contribution >= 4 is 39.1 Å². The van der Waals surface area contributed by atoms with Crippen molar-refractivity contribution in [3.05, 3.63) is 64.2 Å². The number of hydrogen-bond donors (Lipinski definition) is 1. The van der Waals surface area contributed by atoms with E-state index in [2.05, 4.69) is 5.32 Å². The van der Waals surface area contributed by atoms with Gasteiger partial charge in [-0.1, -0.05) is 48.0 Å². The smallest absolute Gasteiger partial charge is 0.244 e. The minimum Gasteiger partial charge on any atom is -0.352 e. The number of carbonyl (C=O) groups is 2. The number of aryl methyl sites for hydroxylation is 2. The molecule has 2 aromatic carbocycles. The molecule has 1 atom stereocenters. The van der Waals surface area contributed by atoms with Gasteiger partial charge in [0.15, 0.2) is 0 Å². The van der Waals surface area contributed by atoms with Crippen molar-refractivity contribution in [2.75, 3.05) is 17.1 Å². The van der Waals surface area contributed by atoms with E-state index >= 15 is 0 Å². The van der Waals surface area contributed by atoms with Gasteiger partial charge in [0.05, 0.1) is 11.9 Å². The fourth-order valence-electron chi connectivity index (χ4n) is 3.57. The molecule has 33 heavy (non-hydrogen) atoms. The highest BCUT2D eigenvalue weighted by atomic mass is 35.5. The van der Waals surface area contributed by atoms with E-state index in [9.17, 15) is 18.0 Å². The summed E-state index contributed by atoms with van der Waals surface area (Å²) in [5, 5.41) is 3.27. The highest BCUT2D eigenvalue weighted by Gasteiger charge is 2.31. The Morgan fingerprint density at radius 2 is 1.58 bits per heavy atom. The Balaban J connectivity index is 2.47. The van der Waals surface area contributed by atoms with Crippen molar-refractivity contribution in [1.29, 1.82) is 0 Å². The first-order chi connectivity index (χ1) is 15.3. The lowest BCUT2D eigenvalue weighted by molar-refractivity contribution is -0.139. The lowest BCUT2D eigenvalue weighted by Gasteiger charge is -2.32. The zero-order valence-electron chi connectivity index (χ0n) is 19.9. The first-order valence-corrected chi connectivity index (χ1v) is 12.9. The highest BCUT2D eigenvalue weighted by Crippen LogP contribution is 2.27. The molecule has 7 nitrogen and oxygen atoms in total. The van der Waals surface area contributed by atoms with Crippen LogP contribution in [0.1, 0.15) is 37.5 Å². The van der Waals surface area contributed by atoms with E-state index in [4.69, 9.17) is 11.6 Å². The van der Waals surface area contributed by atoms with Crippen LogP contribution >= 0.6 is 11.6 Å². The molecule has 0 radical (unpaired) electrons. The van der Waals surface area contributed by atoms with Crippen LogP contribution in [0.15, 0.2) is 42.5 Å². The van der Waals surface area contributed by atoms with Crippen molar-refractivity contribution in [2.45, 2.75) is 53.2 Å². The van der Waals surface area contributed by atoms with Gasteiger partial charge in [-0.3, -0.25) is 13.9 Å². The molecule has 2 aromatic rings. The molecule has 2 amide bonds. The van der Waals surface area contributed by atoms with E-state index in [1.807, 2.05) is 19.9 Å². The number of nitrogens with one attached hydrogen (secondary N) is 1. The van der Waals surface area contributed by atoms with Gasteiger partial charge in [0.25, 0.3) is 0 Å². The van der Waals surface area contributed by atoms with Gasteiger partial charge >= 0.3 is 0 Å². The normalized spacial score (nSPS) is 12.4. The molecule has 0 saturated carbocycles. The lowest BCUT2D eigenvalue weighted by Crippen LogP contribution is -2.52. The van der Waals surface area contributed by atoms with Gasteiger partial charge in [0.1, 0.15) is 12.6 Å². The molecule has 0 spiro atoms. The SMILES string of the molecule is Cc1cccc(C)c1N(CC(=O)N(Cc1ccccc1Cl)[C@@H](C)C(=O)NC(C)C)S(C)(=O)=O. The second-order valence-corrected chi connectivity index (χ2v) is 10.8. The molecular weight excluding hydrogens is 462 g/mol. The Morgan fingerprint density at radius 1 is 1.00 bits per heavy atom. The number of nitrogens with zero attached hydrogens (tertiary/aromatic N) is 2. The third-order valence-electron chi connectivity index (χ3n) is 5.26. The lowest BCUT2D eigenvalue weighted by atomic mass is 10.1. The van der Waals surface area contributed by atoms with Gasteiger partial charge in [0, 0.05) is 17.6 Å². The van der Waals surface area contributed by atoms with Crippen LogP contribution in [0.5, 0.6) is 0 Å². The van der Waals surface area contributed by atoms with Gasteiger partial charge in [-0.25, -0.2) is 8.42 Å². The topological polar surface area (TPSA) is 86.8 Å². The molecule has 2 rings (SSSR count). The number of amides is 2. The quantitative estimate of drug-likeness (QED) is 0.577. The summed E-state index contributed by atoms with van der Waals surface area (Å²) in [7, 11) is -3.78. The maximum absolute atomic E-state index is 13.5. The predicted octanol–water partition coefficient (Wildman–Crippen LogP) is 3.66. The molecule has 0 saturated heterocycles. The van der Waals surface area contributed by atoms with Crippen molar-refractivity contribution in [1.82, 2.24) is 10.2 Å². The van der Waals surface area contributed by atoms with Crippen molar-refractivity contribution in [3.8, 4) is 0 Å². The fourth-order valence-corrected chi connectivity index (χ4v) is 4.73. The fraction of sp³-hybridized carbons (Fsp3) is 0.417. The average molecular weight is 494 g/mol. The van der Waals surface area contributed by atoms with E-state index in [0.717, 1.165) is 21.7 Å². The Labute approximate surface area is 201 Å². The monoisotopic (exact) mass is 493 g/mol. The van der Waals surface area contributed by atoms with Gasteiger partial charge in [-0.05, 0) is 57.4 Å². The number of benzene rings is 2. The molecule has 0 fully saturated rings. The van der Waals surface area contributed by atoms with Crippen LogP contribution in [-0.4, -0.2) is 50.0 Å². The van der Waals surface area contributed by atoms with E-state index in [1.165, 1.54) is 4.90 Å². The number of hydrogen-bond acceptors (Lipinski definition) is 4. The molecule has 0 aromatic heterocycles. The summed E-state index contributed by atoms with van der Waals surface area (Å²) < 4.78 is 26.5. The number of sulfonamides is 1. The largest absolute Gasteiger partial charge is 0.352 e. The molecule has 0 bridgehead atoms. The van der Waals surface area contributed by atoms with Crippen LogP contribution in [0.2, 0.25) is 5.02 Å². The molecule has 9 heteroatoms. The molecule has 0 aliphatic heterocycles. The zero-order chi connectivity index (χ0) is 24.9. The number of halogens is 1. The minimum atomic E-state index is -3.78. The average Bonchev–Trinajstić information content (AvgIpc) is 2.70. The van der Waals surface area contributed by atoms with Crippen molar-refractivity contribution < 1.29 is 18.0 Å². The Kier molecular flexibility index (Phi) is 8.91. The first kappa shape index (κ1) is 26.7. The van der Waals surface area contributed by atoms with E-state index in [0.29, 0.717) is 16.3 Å².